The maximum atomic E-state index is 12.6. The number of benzene rings is 2. The van der Waals surface area contributed by atoms with E-state index in [0.29, 0.717) is 31.2 Å². The highest BCUT2D eigenvalue weighted by molar-refractivity contribution is 7.89. The van der Waals surface area contributed by atoms with Crippen LogP contribution in [0.2, 0.25) is 0 Å². The Morgan fingerprint density at radius 2 is 1.52 bits per heavy atom. The molecule has 1 fully saturated rings. The molecule has 2 N–H and O–H groups in total. The van der Waals surface area contributed by atoms with Crippen molar-refractivity contribution < 1.29 is 27.5 Å². The van der Waals surface area contributed by atoms with Crippen molar-refractivity contribution in [2.75, 3.05) is 26.8 Å². The van der Waals surface area contributed by atoms with E-state index in [9.17, 15) is 18.0 Å². The third-order valence-corrected chi connectivity index (χ3v) is 6.75. The predicted molar refractivity (Wildman–Crippen MR) is 114 cm³/mol. The predicted octanol–water partition coefficient (Wildman–Crippen LogP) is 1.95. The average molecular weight is 448 g/mol. The average Bonchev–Trinajstić information content (AvgIpc) is 3.33. The van der Waals surface area contributed by atoms with Crippen molar-refractivity contribution in [3.05, 3.63) is 53.6 Å². The standard InChI is InChI=1S/C21H25N3O6S/c1-3-30-18-11-8-16(14-19(18)29-2)21(26)23-22-20(25)15-6-9-17(10-7-15)31(27,28)24-12-4-5-13-24/h6-11,14H,3-5,12-13H2,1-2H3,(H,22,25)(H,23,26). The fourth-order valence-electron chi connectivity index (χ4n) is 3.20. The zero-order valence-corrected chi connectivity index (χ0v) is 18.2. The Morgan fingerprint density at radius 3 is 2.10 bits per heavy atom. The molecule has 31 heavy (non-hydrogen) atoms. The van der Waals surface area contributed by atoms with Crippen molar-refractivity contribution in [2.45, 2.75) is 24.7 Å². The molecule has 2 aromatic carbocycles. The Bertz CT molecular complexity index is 1050. The van der Waals surface area contributed by atoms with E-state index in [2.05, 4.69) is 10.9 Å². The van der Waals surface area contributed by atoms with Crippen LogP contribution in [0.3, 0.4) is 0 Å². The minimum atomic E-state index is -3.55. The number of nitrogens with zero attached hydrogens (tertiary/aromatic N) is 1. The number of carbonyl (C=O) groups is 2. The fourth-order valence-corrected chi connectivity index (χ4v) is 4.71. The number of sulfonamides is 1. The van der Waals surface area contributed by atoms with Gasteiger partial charge < -0.3 is 9.47 Å². The second-order valence-corrected chi connectivity index (χ2v) is 8.78. The second kappa shape index (κ2) is 9.80. The SMILES string of the molecule is CCOc1ccc(C(=O)NNC(=O)c2ccc(S(=O)(=O)N3CCCC3)cc2)cc1OC. The van der Waals surface area contributed by atoms with Crippen LogP contribution >= 0.6 is 0 Å². The summed E-state index contributed by atoms with van der Waals surface area (Å²) in [7, 11) is -2.08. The molecule has 1 saturated heterocycles. The number of methoxy groups -OCH3 is 1. The molecule has 1 heterocycles. The molecule has 1 aliphatic heterocycles. The Morgan fingerprint density at radius 1 is 0.935 bits per heavy atom. The highest BCUT2D eigenvalue weighted by atomic mass is 32.2. The van der Waals surface area contributed by atoms with Crippen LogP contribution < -0.4 is 20.3 Å². The number of carbonyl (C=O) groups excluding carboxylic acids is 2. The lowest BCUT2D eigenvalue weighted by Gasteiger charge is -2.15. The van der Waals surface area contributed by atoms with Gasteiger partial charge in [-0.15, -0.1) is 0 Å². The van der Waals surface area contributed by atoms with Gasteiger partial charge in [0.2, 0.25) is 10.0 Å². The molecule has 2 aromatic rings. The first-order chi connectivity index (χ1) is 14.9. The first kappa shape index (κ1) is 22.6. The normalized spacial score (nSPS) is 14.1. The summed E-state index contributed by atoms with van der Waals surface area (Å²) in [6.45, 7) is 3.31. The number of ether oxygens (including phenoxy) is 2. The van der Waals surface area contributed by atoms with Gasteiger partial charge in [-0.05, 0) is 62.2 Å². The topological polar surface area (TPSA) is 114 Å². The molecule has 0 atom stereocenters. The minimum Gasteiger partial charge on any atom is -0.493 e. The van der Waals surface area contributed by atoms with Crippen molar-refractivity contribution in [2.24, 2.45) is 0 Å². The number of hydrazine groups is 1. The van der Waals surface area contributed by atoms with E-state index >= 15 is 0 Å². The van der Waals surface area contributed by atoms with Crippen LogP contribution in [0, 0.1) is 0 Å². The summed E-state index contributed by atoms with van der Waals surface area (Å²) in [5.41, 5.74) is 5.13. The lowest BCUT2D eigenvalue weighted by Crippen LogP contribution is -2.41. The molecular formula is C21H25N3O6S. The number of nitrogens with one attached hydrogen (secondary N) is 2. The summed E-state index contributed by atoms with van der Waals surface area (Å²) in [4.78, 5) is 24.8. The first-order valence-electron chi connectivity index (χ1n) is 9.88. The molecule has 0 aliphatic carbocycles. The van der Waals surface area contributed by atoms with Gasteiger partial charge in [0.1, 0.15) is 0 Å². The molecule has 0 spiro atoms. The van der Waals surface area contributed by atoms with Crippen LogP contribution in [0.5, 0.6) is 11.5 Å². The molecule has 0 saturated carbocycles. The van der Waals surface area contributed by atoms with E-state index in [-0.39, 0.29) is 16.0 Å². The molecule has 3 rings (SSSR count). The smallest absolute Gasteiger partial charge is 0.269 e. The molecule has 0 unspecified atom stereocenters. The van der Waals surface area contributed by atoms with E-state index in [4.69, 9.17) is 9.47 Å². The number of hydrogen-bond donors (Lipinski definition) is 2. The van der Waals surface area contributed by atoms with Crippen LogP contribution in [-0.2, 0) is 10.0 Å². The Balaban J connectivity index is 1.62. The zero-order chi connectivity index (χ0) is 22.4. The molecule has 0 radical (unpaired) electrons. The van der Waals surface area contributed by atoms with E-state index in [1.165, 1.54) is 41.7 Å². The fraction of sp³-hybridized carbons (Fsp3) is 0.333. The van der Waals surface area contributed by atoms with Crippen LogP contribution in [0.15, 0.2) is 47.4 Å². The zero-order valence-electron chi connectivity index (χ0n) is 17.4. The quantitative estimate of drug-likeness (QED) is 0.627. The lowest BCUT2D eigenvalue weighted by atomic mass is 10.2. The number of rotatable bonds is 7. The maximum absolute atomic E-state index is 12.6. The minimum absolute atomic E-state index is 0.136. The van der Waals surface area contributed by atoms with Crippen LogP contribution in [-0.4, -0.2) is 51.3 Å². The van der Waals surface area contributed by atoms with Gasteiger partial charge in [-0.3, -0.25) is 20.4 Å². The number of hydrogen-bond acceptors (Lipinski definition) is 6. The van der Waals surface area contributed by atoms with Gasteiger partial charge in [-0.25, -0.2) is 8.42 Å². The molecule has 10 heteroatoms. The molecule has 166 valence electrons. The summed E-state index contributed by atoms with van der Waals surface area (Å²) >= 11 is 0. The van der Waals surface area contributed by atoms with Gasteiger partial charge >= 0.3 is 0 Å². The van der Waals surface area contributed by atoms with Crippen LogP contribution in [0.1, 0.15) is 40.5 Å². The number of amides is 2. The van der Waals surface area contributed by atoms with E-state index < -0.39 is 21.8 Å². The van der Waals surface area contributed by atoms with E-state index in [1.54, 1.807) is 12.1 Å². The third kappa shape index (κ3) is 5.15. The summed E-state index contributed by atoms with van der Waals surface area (Å²) in [6.07, 6.45) is 1.69. The van der Waals surface area contributed by atoms with Gasteiger partial charge in [0.25, 0.3) is 11.8 Å². The maximum Gasteiger partial charge on any atom is 0.269 e. The monoisotopic (exact) mass is 447 g/mol. The summed E-state index contributed by atoms with van der Waals surface area (Å²) < 4.78 is 37.2. The van der Waals surface area contributed by atoms with Gasteiger partial charge in [0, 0.05) is 24.2 Å². The Labute approximate surface area is 181 Å². The highest BCUT2D eigenvalue weighted by Crippen LogP contribution is 2.28. The largest absolute Gasteiger partial charge is 0.493 e. The molecule has 0 bridgehead atoms. The first-order valence-corrected chi connectivity index (χ1v) is 11.3. The Kier molecular flexibility index (Phi) is 7.13. The third-order valence-electron chi connectivity index (χ3n) is 4.83. The molecule has 1 aliphatic rings. The molecule has 9 nitrogen and oxygen atoms in total. The lowest BCUT2D eigenvalue weighted by molar-refractivity contribution is 0.0846. The summed E-state index contributed by atoms with van der Waals surface area (Å²) in [5, 5.41) is 0. The van der Waals surface area contributed by atoms with E-state index in [1.807, 2.05) is 6.92 Å². The van der Waals surface area contributed by atoms with Gasteiger partial charge in [0.05, 0.1) is 18.6 Å². The molecular weight excluding hydrogens is 422 g/mol. The van der Waals surface area contributed by atoms with Crippen molar-refractivity contribution in [1.82, 2.24) is 15.2 Å². The van der Waals surface area contributed by atoms with Crippen molar-refractivity contribution >= 4 is 21.8 Å². The highest BCUT2D eigenvalue weighted by Gasteiger charge is 2.27. The van der Waals surface area contributed by atoms with Crippen molar-refractivity contribution in [3.8, 4) is 11.5 Å². The van der Waals surface area contributed by atoms with Crippen molar-refractivity contribution in [1.29, 1.82) is 0 Å². The van der Waals surface area contributed by atoms with Crippen molar-refractivity contribution in [3.63, 3.8) is 0 Å². The van der Waals surface area contributed by atoms with E-state index in [0.717, 1.165) is 12.8 Å². The van der Waals surface area contributed by atoms with Gasteiger partial charge in [0.15, 0.2) is 11.5 Å². The summed E-state index contributed by atoms with van der Waals surface area (Å²) in [5.74, 6) is -0.204. The van der Waals surface area contributed by atoms with Gasteiger partial charge in [-0.2, -0.15) is 4.31 Å². The van der Waals surface area contributed by atoms with Crippen LogP contribution in [0.25, 0.3) is 0 Å². The van der Waals surface area contributed by atoms with Gasteiger partial charge in [-0.1, -0.05) is 0 Å². The van der Waals surface area contributed by atoms with Crippen LogP contribution in [0.4, 0.5) is 0 Å². The Hall–Kier alpha value is -3.11. The molecule has 0 aromatic heterocycles. The second-order valence-electron chi connectivity index (χ2n) is 6.84. The molecule has 2 amide bonds. The summed E-state index contributed by atoms with van der Waals surface area (Å²) in [6, 6.07) is 10.3.